The second-order valence-corrected chi connectivity index (χ2v) is 8.93. The summed E-state index contributed by atoms with van der Waals surface area (Å²) in [6, 6.07) is 6.55. The Balaban J connectivity index is 1.42. The molecule has 34 heavy (non-hydrogen) atoms. The molecule has 1 N–H and O–H groups in total. The Morgan fingerprint density at radius 2 is 2.03 bits per heavy atom. The van der Waals surface area contributed by atoms with Gasteiger partial charge in [0.2, 0.25) is 5.91 Å². The first-order chi connectivity index (χ1) is 16.5. The van der Waals surface area contributed by atoms with E-state index >= 15 is 4.39 Å². The molecule has 174 valence electrons. The van der Waals surface area contributed by atoms with Crippen LogP contribution in [0.5, 0.6) is 0 Å². The monoisotopic (exact) mass is 459 g/mol. The summed E-state index contributed by atoms with van der Waals surface area (Å²) in [4.78, 5) is 31.1. The van der Waals surface area contributed by atoms with Crippen molar-refractivity contribution >= 4 is 18.1 Å². The van der Waals surface area contributed by atoms with Crippen molar-refractivity contribution in [1.82, 2.24) is 24.6 Å². The summed E-state index contributed by atoms with van der Waals surface area (Å²) in [6.45, 7) is 8.99. The van der Waals surface area contributed by atoms with Crippen LogP contribution < -0.4 is 5.69 Å². The molecule has 1 aliphatic carbocycles. The van der Waals surface area contributed by atoms with E-state index in [4.69, 9.17) is 0 Å². The van der Waals surface area contributed by atoms with Gasteiger partial charge in [-0.25, -0.2) is 18.9 Å². The lowest BCUT2D eigenvalue weighted by Crippen LogP contribution is -2.30. The Morgan fingerprint density at radius 3 is 2.74 bits per heavy atom. The molecule has 1 aliphatic heterocycles. The van der Waals surface area contributed by atoms with Gasteiger partial charge in [-0.15, -0.1) is 0 Å². The average molecular weight is 460 g/mol. The number of hydrogen-bond acceptors (Lipinski definition) is 4. The van der Waals surface area contributed by atoms with Crippen molar-refractivity contribution in [3.8, 4) is 16.8 Å². The molecule has 0 radical (unpaired) electrons. The summed E-state index contributed by atoms with van der Waals surface area (Å²) >= 11 is 0. The van der Waals surface area contributed by atoms with E-state index < -0.39 is 11.5 Å². The molecule has 3 aromatic rings. The van der Waals surface area contributed by atoms with Gasteiger partial charge in [-0.3, -0.25) is 9.78 Å². The maximum atomic E-state index is 15.3. The van der Waals surface area contributed by atoms with Crippen LogP contribution in [0.4, 0.5) is 4.39 Å². The number of aromatic amines is 1. The number of rotatable bonds is 7. The first-order valence-electron chi connectivity index (χ1n) is 11.5. The zero-order valence-corrected chi connectivity index (χ0v) is 18.8. The Labute approximate surface area is 196 Å². The minimum absolute atomic E-state index is 0.138. The maximum absolute atomic E-state index is 15.3. The van der Waals surface area contributed by atoms with Gasteiger partial charge in [-0.2, -0.15) is 5.10 Å². The lowest BCUT2D eigenvalue weighted by molar-refractivity contribution is -0.131. The SMILES string of the molecule is C=Cc1nccc(-c2ccc(-n3c(CC4CCN(C(=O)C5CC5)C4)n[nH]c3=O)c(F)c2)c1C=C. The molecule has 1 aromatic carbocycles. The minimum atomic E-state index is -0.536. The van der Waals surface area contributed by atoms with Gasteiger partial charge in [-0.05, 0) is 60.6 Å². The highest BCUT2D eigenvalue weighted by Gasteiger charge is 2.37. The van der Waals surface area contributed by atoms with Crippen LogP contribution in [0, 0.1) is 17.7 Å². The number of amides is 1. The summed E-state index contributed by atoms with van der Waals surface area (Å²) in [5.74, 6) is 0.541. The van der Waals surface area contributed by atoms with Gasteiger partial charge in [-0.1, -0.05) is 25.3 Å². The van der Waals surface area contributed by atoms with Gasteiger partial charge in [0.1, 0.15) is 11.6 Å². The van der Waals surface area contributed by atoms with E-state index in [1.807, 2.05) is 4.90 Å². The van der Waals surface area contributed by atoms with Gasteiger partial charge >= 0.3 is 5.69 Å². The Kier molecular flexibility index (Phi) is 5.73. The number of likely N-dealkylation sites (tertiary alicyclic amines) is 1. The van der Waals surface area contributed by atoms with Gasteiger partial charge in [0, 0.05) is 37.2 Å². The van der Waals surface area contributed by atoms with Gasteiger partial charge < -0.3 is 4.90 Å². The molecule has 2 aromatic heterocycles. The fraction of sp³-hybridized carbons (Fsp3) is 0.308. The molecule has 8 heteroatoms. The van der Waals surface area contributed by atoms with Crippen LogP contribution in [0.3, 0.4) is 0 Å². The number of carbonyl (C=O) groups is 1. The van der Waals surface area contributed by atoms with Crippen LogP contribution in [0.2, 0.25) is 0 Å². The second kappa shape index (κ2) is 8.85. The molecule has 0 spiro atoms. The number of benzene rings is 1. The molecular formula is C26H26FN5O2. The summed E-state index contributed by atoms with van der Waals surface area (Å²) in [5.41, 5.74) is 2.49. The van der Waals surface area contributed by atoms with E-state index in [9.17, 15) is 9.59 Å². The summed E-state index contributed by atoms with van der Waals surface area (Å²) in [6.07, 6.45) is 8.24. The van der Waals surface area contributed by atoms with Crippen molar-refractivity contribution in [2.45, 2.75) is 25.7 Å². The molecule has 2 aliphatic rings. The fourth-order valence-electron chi connectivity index (χ4n) is 4.74. The number of hydrogen-bond donors (Lipinski definition) is 1. The number of aromatic nitrogens is 4. The van der Waals surface area contributed by atoms with Crippen molar-refractivity contribution in [3.63, 3.8) is 0 Å². The fourth-order valence-corrected chi connectivity index (χ4v) is 4.74. The number of nitrogens with zero attached hydrogens (tertiary/aromatic N) is 4. The summed E-state index contributed by atoms with van der Waals surface area (Å²) in [7, 11) is 0. The lowest BCUT2D eigenvalue weighted by Gasteiger charge is -2.16. The third kappa shape index (κ3) is 4.00. The second-order valence-electron chi connectivity index (χ2n) is 8.93. The van der Waals surface area contributed by atoms with E-state index in [-0.39, 0.29) is 23.4 Å². The normalized spacial score (nSPS) is 17.7. The van der Waals surface area contributed by atoms with Gasteiger partial charge in [0.25, 0.3) is 0 Å². The zero-order chi connectivity index (χ0) is 23.8. The molecule has 1 saturated carbocycles. The molecule has 0 bridgehead atoms. The van der Waals surface area contributed by atoms with E-state index in [1.54, 1.807) is 36.5 Å². The van der Waals surface area contributed by atoms with Crippen molar-refractivity contribution in [1.29, 1.82) is 0 Å². The van der Waals surface area contributed by atoms with E-state index in [0.29, 0.717) is 30.0 Å². The molecule has 1 atom stereocenters. The Bertz CT molecular complexity index is 1340. The van der Waals surface area contributed by atoms with Crippen molar-refractivity contribution in [2.24, 2.45) is 11.8 Å². The third-order valence-electron chi connectivity index (χ3n) is 6.66. The smallest absolute Gasteiger partial charge is 0.342 e. The van der Waals surface area contributed by atoms with Crippen LogP contribution in [-0.4, -0.2) is 43.6 Å². The van der Waals surface area contributed by atoms with Crippen molar-refractivity contribution < 1.29 is 9.18 Å². The van der Waals surface area contributed by atoms with Crippen LogP contribution in [0.15, 0.2) is 48.4 Å². The highest BCUT2D eigenvalue weighted by molar-refractivity contribution is 5.81. The Morgan fingerprint density at radius 1 is 1.21 bits per heavy atom. The molecule has 1 saturated heterocycles. The molecule has 2 fully saturated rings. The van der Waals surface area contributed by atoms with Gasteiger partial charge in [0.15, 0.2) is 0 Å². The standard InChI is InChI=1S/C26H26FN5O2/c1-3-19-20(9-11-28-22(19)4-2)18-7-8-23(21(27)14-18)32-24(29-30-26(32)34)13-16-10-12-31(15-16)25(33)17-5-6-17/h3-4,7-9,11,14,16-17H,1-2,5-6,10,12-13,15H2,(H,30,34). The average Bonchev–Trinajstić information content (AvgIpc) is 3.50. The number of nitrogens with one attached hydrogen (secondary N) is 1. The Hall–Kier alpha value is -3.81. The first-order valence-corrected chi connectivity index (χ1v) is 11.5. The number of H-pyrrole nitrogens is 1. The van der Waals surface area contributed by atoms with Gasteiger partial charge in [0.05, 0.1) is 11.4 Å². The molecule has 5 rings (SSSR count). The van der Waals surface area contributed by atoms with Crippen LogP contribution in [-0.2, 0) is 11.2 Å². The molecule has 3 heterocycles. The third-order valence-corrected chi connectivity index (χ3v) is 6.66. The molecule has 7 nitrogen and oxygen atoms in total. The largest absolute Gasteiger partial charge is 0.348 e. The predicted molar refractivity (Wildman–Crippen MR) is 129 cm³/mol. The predicted octanol–water partition coefficient (Wildman–Crippen LogP) is 3.85. The van der Waals surface area contributed by atoms with E-state index in [1.165, 1.54) is 10.6 Å². The van der Waals surface area contributed by atoms with Crippen LogP contribution >= 0.6 is 0 Å². The van der Waals surface area contributed by atoms with Crippen molar-refractivity contribution in [3.05, 3.63) is 77.0 Å². The van der Waals surface area contributed by atoms with E-state index in [2.05, 4.69) is 28.3 Å². The number of pyridine rings is 1. The number of carbonyl (C=O) groups excluding carboxylic acids is 1. The summed E-state index contributed by atoms with van der Waals surface area (Å²) < 4.78 is 16.6. The highest BCUT2D eigenvalue weighted by Crippen LogP contribution is 2.33. The van der Waals surface area contributed by atoms with E-state index in [0.717, 1.165) is 36.9 Å². The zero-order valence-electron chi connectivity index (χ0n) is 18.8. The quantitative estimate of drug-likeness (QED) is 0.582. The van der Waals surface area contributed by atoms with Crippen LogP contribution in [0.1, 0.15) is 36.3 Å². The molecular weight excluding hydrogens is 433 g/mol. The van der Waals surface area contributed by atoms with Crippen LogP contribution in [0.25, 0.3) is 29.0 Å². The summed E-state index contributed by atoms with van der Waals surface area (Å²) in [5, 5.41) is 6.62. The lowest BCUT2D eigenvalue weighted by atomic mass is 9.98. The van der Waals surface area contributed by atoms with Crippen molar-refractivity contribution in [2.75, 3.05) is 13.1 Å². The topological polar surface area (TPSA) is 83.9 Å². The minimum Gasteiger partial charge on any atom is -0.342 e. The maximum Gasteiger partial charge on any atom is 0.348 e. The molecule has 1 unspecified atom stereocenters. The molecule has 1 amide bonds. The first kappa shape index (κ1) is 22.0. The highest BCUT2D eigenvalue weighted by atomic mass is 19.1. The number of halogens is 1.